The van der Waals surface area contributed by atoms with Crippen LogP contribution in [0.3, 0.4) is 0 Å². The molecule has 2 N–H and O–H groups in total. The third kappa shape index (κ3) is 4.08. The summed E-state index contributed by atoms with van der Waals surface area (Å²) in [6.07, 6.45) is -6.88. The van der Waals surface area contributed by atoms with E-state index in [1.54, 1.807) is 12.1 Å². The van der Waals surface area contributed by atoms with E-state index in [0.717, 1.165) is 5.69 Å². The summed E-state index contributed by atoms with van der Waals surface area (Å²) in [5, 5.41) is 19.7. The molecule has 0 aromatic heterocycles. The molecular formula is C13H17F3N3O3+. The summed E-state index contributed by atoms with van der Waals surface area (Å²) in [5.41, 5.74) is 0.808. The lowest BCUT2D eigenvalue weighted by atomic mass is 10.2. The quantitative estimate of drug-likeness (QED) is 0.615. The fourth-order valence-corrected chi connectivity index (χ4v) is 2.46. The Balaban J connectivity index is 1.88. The highest BCUT2D eigenvalue weighted by Gasteiger charge is 2.41. The van der Waals surface area contributed by atoms with Gasteiger partial charge in [0.1, 0.15) is 6.54 Å². The minimum atomic E-state index is -4.58. The predicted molar refractivity (Wildman–Crippen MR) is 72.9 cm³/mol. The molecule has 0 bridgehead atoms. The third-order valence-electron chi connectivity index (χ3n) is 3.76. The highest BCUT2D eigenvalue weighted by atomic mass is 19.4. The van der Waals surface area contributed by atoms with Crippen LogP contribution in [-0.4, -0.2) is 55.0 Å². The van der Waals surface area contributed by atoms with Gasteiger partial charge in [-0.2, -0.15) is 13.2 Å². The molecule has 0 radical (unpaired) electrons. The number of alkyl halides is 3. The number of quaternary nitrogens is 1. The van der Waals surface area contributed by atoms with Gasteiger partial charge in [0.2, 0.25) is 0 Å². The van der Waals surface area contributed by atoms with E-state index in [1.165, 1.54) is 12.1 Å². The number of aliphatic hydroxyl groups excluding tert-OH is 1. The molecule has 1 saturated heterocycles. The number of aliphatic hydroxyl groups is 1. The van der Waals surface area contributed by atoms with Crippen molar-refractivity contribution in [2.75, 3.05) is 37.6 Å². The number of piperazine rings is 1. The van der Waals surface area contributed by atoms with Crippen molar-refractivity contribution in [3.63, 3.8) is 0 Å². The van der Waals surface area contributed by atoms with Gasteiger partial charge >= 0.3 is 6.18 Å². The first kappa shape index (κ1) is 16.5. The van der Waals surface area contributed by atoms with Gasteiger partial charge in [0.25, 0.3) is 5.69 Å². The number of hydrogen-bond acceptors (Lipinski definition) is 4. The SMILES string of the molecule is O=[N+]([O-])c1ccc(N2CC[NH+](C[C@@H](O)C(F)(F)F)CC2)cc1. The van der Waals surface area contributed by atoms with Gasteiger partial charge in [-0.3, -0.25) is 10.1 Å². The second-order valence-corrected chi connectivity index (χ2v) is 5.27. The molecule has 2 rings (SSSR count). The van der Waals surface area contributed by atoms with Crippen LogP contribution < -0.4 is 9.80 Å². The first-order chi connectivity index (χ1) is 10.3. The summed E-state index contributed by atoms with van der Waals surface area (Å²) in [6, 6.07) is 6.07. The molecule has 1 aromatic rings. The molecule has 22 heavy (non-hydrogen) atoms. The molecule has 122 valence electrons. The molecule has 1 fully saturated rings. The number of nitro groups is 1. The Labute approximate surface area is 124 Å². The summed E-state index contributed by atoms with van der Waals surface area (Å²) in [5.74, 6) is 0. The standard InChI is InChI=1S/C13H16F3N3O3/c14-13(15,16)12(20)9-17-5-7-18(8-6-17)10-1-3-11(4-2-10)19(21)22/h1-4,12,20H,5-9H2/p+1/t12-/m1/s1. The number of benzene rings is 1. The average Bonchev–Trinajstić information content (AvgIpc) is 2.47. The number of non-ortho nitro benzene ring substituents is 1. The van der Waals surface area contributed by atoms with E-state index in [4.69, 9.17) is 5.11 Å². The highest BCUT2D eigenvalue weighted by Crippen LogP contribution is 2.20. The monoisotopic (exact) mass is 320 g/mol. The van der Waals surface area contributed by atoms with Gasteiger partial charge in [0.05, 0.1) is 31.1 Å². The second kappa shape index (κ2) is 6.49. The highest BCUT2D eigenvalue weighted by molar-refractivity contribution is 5.50. The van der Waals surface area contributed by atoms with Gasteiger partial charge in [-0.05, 0) is 12.1 Å². The lowest BCUT2D eigenvalue weighted by Gasteiger charge is -2.34. The van der Waals surface area contributed by atoms with Crippen LogP contribution in [0, 0.1) is 10.1 Å². The van der Waals surface area contributed by atoms with Gasteiger partial charge < -0.3 is 14.9 Å². The van der Waals surface area contributed by atoms with Crippen molar-refractivity contribution in [1.82, 2.24) is 0 Å². The minimum absolute atomic E-state index is 0.00121. The largest absolute Gasteiger partial charge is 0.419 e. The Morgan fingerprint density at radius 1 is 1.27 bits per heavy atom. The number of rotatable bonds is 4. The van der Waals surface area contributed by atoms with Crippen molar-refractivity contribution >= 4 is 11.4 Å². The predicted octanol–water partition coefficient (Wildman–Crippen LogP) is 0.223. The maximum atomic E-state index is 12.3. The van der Waals surface area contributed by atoms with E-state index < -0.39 is 17.2 Å². The lowest BCUT2D eigenvalue weighted by Crippen LogP contribution is -3.16. The third-order valence-corrected chi connectivity index (χ3v) is 3.76. The van der Waals surface area contributed by atoms with E-state index in [1.807, 2.05) is 4.90 Å². The van der Waals surface area contributed by atoms with Gasteiger partial charge in [0.15, 0.2) is 6.10 Å². The Morgan fingerprint density at radius 3 is 2.27 bits per heavy atom. The zero-order chi connectivity index (χ0) is 16.3. The van der Waals surface area contributed by atoms with Crippen molar-refractivity contribution in [1.29, 1.82) is 0 Å². The molecule has 0 amide bonds. The van der Waals surface area contributed by atoms with E-state index >= 15 is 0 Å². The second-order valence-electron chi connectivity index (χ2n) is 5.27. The number of hydrogen-bond donors (Lipinski definition) is 2. The molecule has 0 aliphatic carbocycles. The summed E-state index contributed by atoms with van der Waals surface area (Å²) in [7, 11) is 0. The summed E-state index contributed by atoms with van der Waals surface area (Å²) >= 11 is 0. The first-order valence-electron chi connectivity index (χ1n) is 6.85. The Bertz CT molecular complexity index is 514. The molecule has 0 saturated carbocycles. The number of halogens is 3. The molecule has 0 unspecified atom stereocenters. The van der Waals surface area contributed by atoms with E-state index in [0.29, 0.717) is 31.1 Å². The Kier molecular flexibility index (Phi) is 4.87. The van der Waals surface area contributed by atoms with Crippen LogP contribution >= 0.6 is 0 Å². The Hall–Kier alpha value is -1.87. The zero-order valence-electron chi connectivity index (χ0n) is 11.7. The summed E-state index contributed by atoms with van der Waals surface area (Å²) < 4.78 is 37.0. The van der Waals surface area contributed by atoms with E-state index in [-0.39, 0.29) is 12.2 Å². The topological polar surface area (TPSA) is 71.0 Å². The average molecular weight is 320 g/mol. The van der Waals surface area contributed by atoms with Gasteiger partial charge in [-0.1, -0.05) is 0 Å². The van der Waals surface area contributed by atoms with Crippen molar-refractivity contribution in [2.45, 2.75) is 12.3 Å². The fourth-order valence-electron chi connectivity index (χ4n) is 2.46. The van der Waals surface area contributed by atoms with Crippen LogP contribution in [0.2, 0.25) is 0 Å². The molecule has 1 heterocycles. The number of nitrogens with zero attached hydrogens (tertiary/aromatic N) is 2. The maximum Gasteiger partial charge on any atom is 0.419 e. The number of nitrogens with one attached hydrogen (secondary N) is 1. The van der Waals surface area contributed by atoms with Crippen LogP contribution in [0.15, 0.2) is 24.3 Å². The van der Waals surface area contributed by atoms with Crippen LogP contribution in [-0.2, 0) is 0 Å². The van der Waals surface area contributed by atoms with Crippen LogP contribution in [0.25, 0.3) is 0 Å². The molecule has 6 nitrogen and oxygen atoms in total. The van der Waals surface area contributed by atoms with Crippen molar-refractivity contribution in [2.24, 2.45) is 0 Å². The molecular weight excluding hydrogens is 303 g/mol. The molecule has 0 spiro atoms. The summed E-state index contributed by atoms with van der Waals surface area (Å²) in [4.78, 5) is 12.8. The van der Waals surface area contributed by atoms with Crippen LogP contribution in [0.1, 0.15) is 0 Å². The molecule has 9 heteroatoms. The summed E-state index contributed by atoms with van der Waals surface area (Å²) in [6.45, 7) is 1.68. The van der Waals surface area contributed by atoms with Crippen molar-refractivity contribution in [3.05, 3.63) is 34.4 Å². The smallest absolute Gasteiger partial charge is 0.379 e. The molecule has 1 atom stereocenters. The fraction of sp³-hybridized carbons (Fsp3) is 0.538. The van der Waals surface area contributed by atoms with Gasteiger partial charge in [0, 0.05) is 17.8 Å². The molecule has 1 aliphatic heterocycles. The Morgan fingerprint density at radius 2 is 1.82 bits per heavy atom. The van der Waals surface area contributed by atoms with Gasteiger partial charge in [-0.25, -0.2) is 0 Å². The number of nitro benzene ring substituents is 1. The van der Waals surface area contributed by atoms with Gasteiger partial charge in [-0.15, -0.1) is 0 Å². The zero-order valence-corrected chi connectivity index (χ0v) is 11.7. The normalized spacial score (nSPS) is 18.3. The molecule has 1 aliphatic rings. The molecule has 1 aromatic carbocycles. The lowest BCUT2D eigenvalue weighted by molar-refractivity contribution is -0.905. The maximum absolute atomic E-state index is 12.3. The van der Waals surface area contributed by atoms with Crippen LogP contribution in [0.5, 0.6) is 0 Å². The number of anilines is 1. The van der Waals surface area contributed by atoms with Crippen molar-refractivity contribution in [3.8, 4) is 0 Å². The first-order valence-corrected chi connectivity index (χ1v) is 6.85. The van der Waals surface area contributed by atoms with E-state index in [9.17, 15) is 23.3 Å². The van der Waals surface area contributed by atoms with E-state index in [2.05, 4.69) is 0 Å². The minimum Gasteiger partial charge on any atom is -0.379 e. The van der Waals surface area contributed by atoms with Crippen molar-refractivity contribution < 1.29 is 28.1 Å². The van der Waals surface area contributed by atoms with Crippen LogP contribution in [0.4, 0.5) is 24.5 Å².